The Hall–Kier alpha value is -0.800. The summed E-state index contributed by atoms with van der Waals surface area (Å²) in [7, 11) is 0. The monoisotopic (exact) mass is 205 g/mol. The lowest BCUT2D eigenvalue weighted by atomic mass is 10.3. The van der Waals surface area contributed by atoms with E-state index in [0.29, 0.717) is 10.7 Å². The number of halogens is 2. The zero-order valence-electron chi connectivity index (χ0n) is 5.92. The summed E-state index contributed by atoms with van der Waals surface area (Å²) in [5.41, 5.74) is 0.375. The van der Waals surface area contributed by atoms with Crippen LogP contribution < -0.4 is 0 Å². The van der Waals surface area contributed by atoms with Crippen molar-refractivity contribution in [3.8, 4) is 0 Å². The van der Waals surface area contributed by atoms with E-state index in [2.05, 4.69) is 4.98 Å². The molecule has 0 saturated carbocycles. The molecule has 12 heavy (non-hydrogen) atoms. The van der Waals surface area contributed by atoms with E-state index in [0.717, 1.165) is 0 Å². The Morgan fingerprint density at radius 1 is 1.58 bits per heavy atom. The predicted octanol–water partition coefficient (Wildman–Crippen LogP) is 2.17. The molecule has 0 fully saturated rings. The Morgan fingerprint density at radius 2 is 2.25 bits per heavy atom. The minimum Gasteiger partial charge on any atom is -0.477 e. The molecule has 1 aromatic rings. The first-order valence-electron chi connectivity index (χ1n) is 3.09. The molecule has 0 aliphatic rings. The zero-order valence-corrected chi connectivity index (χ0v) is 7.43. The molecular weight excluding hydrogens is 201 g/mol. The van der Waals surface area contributed by atoms with Crippen LogP contribution in [0.25, 0.3) is 0 Å². The van der Waals surface area contributed by atoms with Crippen molar-refractivity contribution in [2.24, 2.45) is 0 Å². The van der Waals surface area contributed by atoms with Crippen molar-refractivity contribution >= 4 is 29.2 Å². The third kappa shape index (κ3) is 2.09. The molecule has 1 rings (SSSR count). The van der Waals surface area contributed by atoms with Crippen molar-refractivity contribution in [2.45, 2.75) is 5.88 Å². The second-order valence-electron chi connectivity index (χ2n) is 2.10. The number of carbonyl (C=O) groups is 1. The number of aromatic carboxylic acids is 1. The number of alkyl halides is 1. The molecule has 0 aliphatic heterocycles. The molecule has 0 spiro atoms. The van der Waals surface area contributed by atoms with Gasteiger partial charge >= 0.3 is 5.97 Å². The van der Waals surface area contributed by atoms with E-state index >= 15 is 0 Å². The predicted molar refractivity (Wildman–Crippen MR) is 45.8 cm³/mol. The van der Waals surface area contributed by atoms with Crippen LogP contribution in [0.4, 0.5) is 0 Å². The lowest BCUT2D eigenvalue weighted by molar-refractivity contribution is 0.0690. The minimum absolute atomic E-state index is 0.0850. The third-order valence-electron chi connectivity index (χ3n) is 1.20. The molecule has 0 atom stereocenters. The van der Waals surface area contributed by atoms with Gasteiger partial charge < -0.3 is 5.11 Å². The topological polar surface area (TPSA) is 50.2 Å². The van der Waals surface area contributed by atoms with Gasteiger partial charge in [0.05, 0.1) is 11.6 Å². The quantitative estimate of drug-likeness (QED) is 0.754. The van der Waals surface area contributed by atoms with Crippen molar-refractivity contribution < 1.29 is 9.90 Å². The molecule has 0 saturated heterocycles. The molecule has 5 heteroatoms. The summed E-state index contributed by atoms with van der Waals surface area (Å²) >= 11 is 11.1. The van der Waals surface area contributed by atoms with E-state index in [1.165, 1.54) is 12.1 Å². The number of carboxylic acids is 1. The van der Waals surface area contributed by atoms with Crippen LogP contribution in [-0.2, 0) is 5.88 Å². The summed E-state index contributed by atoms with van der Waals surface area (Å²) in [6, 6.07) is 2.81. The van der Waals surface area contributed by atoms with E-state index < -0.39 is 5.97 Å². The van der Waals surface area contributed by atoms with Crippen molar-refractivity contribution in [2.75, 3.05) is 0 Å². The van der Waals surface area contributed by atoms with Crippen LogP contribution in [0.15, 0.2) is 12.1 Å². The van der Waals surface area contributed by atoms with Crippen LogP contribution in [0.2, 0.25) is 5.02 Å². The van der Waals surface area contributed by atoms with Crippen LogP contribution in [-0.4, -0.2) is 16.1 Å². The smallest absolute Gasteiger partial charge is 0.354 e. The highest BCUT2D eigenvalue weighted by molar-refractivity contribution is 6.31. The first-order valence-corrected chi connectivity index (χ1v) is 4.00. The Morgan fingerprint density at radius 3 is 2.75 bits per heavy atom. The SMILES string of the molecule is O=C(O)c1cc(Cl)cc(CCl)n1. The van der Waals surface area contributed by atoms with Gasteiger partial charge in [0.2, 0.25) is 0 Å². The number of hydrogen-bond donors (Lipinski definition) is 1. The Bertz CT molecular complexity index is 314. The van der Waals surface area contributed by atoms with Gasteiger partial charge in [-0.2, -0.15) is 0 Å². The molecule has 1 heterocycles. The first-order chi connectivity index (χ1) is 5.63. The minimum atomic E-state index is -1.11. The standard InChI is InChI=1S/C7H5Cl2NO2/c8-3-5-1-4(9)2-6(10-5)7(11)12/h1-2H,3H2,(H,11,12). The van der Waals surface area contributed by atoms with Gasteiger partial charge in [0.15, 0.2) is 0 Å². The summed E-state index contributed by atoms with van der Waals surface area (Å²) in [5.74, 6) is -0.954. The van der Waals surface area contributed by atoms with E-state index in [1.807, 2.05) is 0 Å². The Balaban J connectivity index is 3.15. The van der Waals surface area contributed by atoms with Crippen LogP contribution >= 0.6 is 23.2 Å². The number of aromatic nitrogens is 1. The molecule has 64 valence electrons. The first kappa shape index (κ1) is 9.29. The number of nitrogens with zero attached hydrogens (tertiary/aromatic N) is 1. The largest absolute Gasteiger partial charge is 0.477 e. The summed E-state index contributed by atoms with van der Waals surface area (Å²) in [6.45, 7) is 0. The normalized spacial score (nSPS) is 9.83. The number of carboxylic acid groups (broad SMARTS) is 1. The molecule has 0 aliphatic carbocycles. The fraction of sp³-hybridized carbons (Fsp3) is 0.143. The van der Waals surface area contributed by atoms with E-state index in [9.17, 15) is 4.79 Å². The summed E-state index contributed by atoms with van der Waals surface area (Å²) < 4.78 is 0. The summed E-state index contributed by atoms with van der Waals surface area (Å²) in [4.78, 5) is 14.2. The van der Waals surface area contributed by atoms with Gasteiger partial charge in [0.1, 0.15) is 5.69 Å². The Kier molecular flexibility index (Phi) is 2.89. The maximum atomic E-state index is 10.5. The highest BCUT2D eigenvalue weighted by atomic mass is 35.5. The maximum Gasteiger partial charge on any atom is 0.354 e. The van der Waals surface area contributed by atoms with Crippen molar-refractivity contribution in [3.05, 3.63) is 28.5 Å². The number of hydrogen-bond acceptors (Lipinski definition) is 2. The fourth-order valence-electron chi connectivity index (χ4n) is 0.729. The van der Waals surface area contributed by atoms with Crippen LogP contribution in [0, 0.1) is 0 Å². The molecule has 0 bridgehead atoms. The van der Waals surface area contributed by atoms with Gasteiger partial charge in [0.25, 0.3) is 0 Å². The average Bonchev–Trinajstić information content (AvgIpc) is 2.03. The van der Waals surface area contributed by atoms with Crippen molar-refractivity contribution in [3.63, 3.8) is 0 Å². The summed E-state index contributed by atoms with van der Waals surface area (Å²) in [6.07, 6.45) is 0. The third-order valence-corrected chi connectivity index (χ3v) is 1.69. The van der Waals surface area contributed by atoms with E-state index in [1.54, 1.807) is 0 Å². The number of rotatable bonds is 2. The Labute approximate surface area is 78.9 Å². The van der Waals surface area contributed by atoms with Gasteiger partial charge in [-0.15, -0.1) is 11.6 Å². The van der Waals surface area contributed by atoms with Gasteiger partial charge in [-0.1, -0.05) is 11.6 Å². The van der Waals surface area contributed by atoms with Gasteiger partial charge in [0, 0.05) is 5.02 Å². The van der Waals surface area contributed by atoms with Crippen molar-refractivity contribution in [1.29, 1.82) is 0 Å². The van der Waals surface area contributed by atoms with E-state index in [4.69, 9.17) is 28.3 Å². The van der Waals surface area contributed by atoms with Gasteiger partial charge in [-0.25, -0.2) is 9.78 Å². The molecule has 3 nitrogen and oxygen atoms in total. The fourth-order valence-corrected chi connectivity index (χ4v) is 1.09. The molecule has 0 radical (unpaired) electrons. The van der Waals surface area contributed by atoms with Crippen LogP contribution in [0.3, 0.4) is 0 Å². The average molecular weight is 206 g/mol. The van der Waals surface area contributed by atoms with Crippen LogP contribution in [0.1, 0.15) is 16.2 Å². The molecule has 0 amide bonds. The molecule has 0 aromatic carbocycles. The highest BCUT2D eigenvalue weighted by Crippen LogP contribution is 2.13. The lowest BCUT2D eigenvalue weighted by Crippen LogP contribution is -2.01. The molecule has 1 N–H and O–H groups in total. The second kappa shape index (κ2) is 3.74. The highest BCUT2D eigenvalue weighted by Gasteiger charge is 2.06. The molecule has 1 aromatic heterocycles. The molecule has 0 unspecified atom stereocenters. The van der Waals surface area contributed by atoms with Gasteiger partial charge in [-0.05, 0) is 12.1 Å². The number of pyridine rings is 1. The second-order valence-corrected chi connectivity index (χ2v) is 2.80. The maximum absolute atomic E-state index is 10.5. The lowest BCUT2D eigenvalue weighted by Gasteiger charge is -1.98. The van der Waals surface area contributed by atoms with Crippen LogP contribution in [0.5, 0.6) is 0 Å². The zero-order chi connectivity index (χ0) is 9.14. The van der Waals surface area contributed by atoms with Crippen molar-refractivity contribution in [1.82, 2.24) is 4.98 Å². The van der Waals surface area contributed by atoms with Gasteiger partial charge in [-0.3, -0.25) is 0 Å². The molecular formula is C7H5Cl2NO2. The van der Waals surface area contributed by atoms with E-state index in [-0.39, 0.29) is 11.6 Å². The summed E-state index contributed by atoms with van der Waals surface area (Å²) in [5, 5.41) is 8.90.